The van der Waals surface area contributed by atoms with E-state index >= 15 is 0 Å². The van der Waals surface area contributed by atoms with Gasteiger partial charge < -0.3 is 4.18 Å². The summed E-state index contributed by atoms with van der Waals surface area (Å²) in [5, 5.41) is 0. The lowest BCUT2D eigenvalue weighted by atomic mass is 10.2. The number of hydrogen-bond acceptors (Lipinski definition) is 2. The fraction of sp³-hybridized carbons (Fsp3) is 0.500. The average molecular weight is 210 g/mol. The van der Waals surface area contributed by atoms with E-state index in [1.54, 1.807) is 0 Å². The molecule has 2 heteroatoms. The van der Waals surface area contributed by atoms with Crippen LogP contribution in [0.3, 0.4) is 0 Å². The Hall–Kier alpha value is -0.470. The summed E-state index contributed by atoms with van der Waals surface area (Å²) in [5.74, 6) is 0.716. The normalized spacial score (nSPS) is 10.9. The van der Waals surface area contributed by atoms with E-state index < -0.39 is 0 Å². The molecule has 0 N–H and O–H groups in total. The van der Waals surface area contributed by atoms with Crippen LogP contribution in [0.2, 0.25) is 0 Å². The molecule has 0 radical (unpaired) electrons. The minimum Gasteiger partial charge on any atom is -0.310 e. The van der Waals surface area contributed by atoms with E-state index in [9.17, 15) is 0 Å². The molecule has 1 rings (SSSR count). The van der Waals surface area contributed by atoms with Gasteiger partial charge in [-0.2, -0.15) is 0 Å². The van der Waals surface area contributed by atoms with Crippen molar-refractivity contribution in [3.63, 3.8) is 0 Å². The molecule has 0 aromatic heterocycles. The van der Waals surface area contributed by atoms with Crippen molar-refractivity contribution in [3.05, 3.63) is 29.8 Å². The maximum Gasteiger partial charge on any atom is 0.0620 e. The monoisotopic (exact) mass is 210 g/mol. The van der Waals surface area contributed by atoms with Crippen molar-refractivity contribution in [2.45, 2.75) is 32.1 Å². The van der Waals surface area contributed by atoms with E-state index in [2.05, 4.69) is 45.0 Å². The van der Waals surface area contributed by atoms with Gasteiger partial charge in [-0.1, -0.05) is 31.5 Å². The fourth-order valence-corrected chi connectivity index (χ4v) is 1.55. The van der Waals surface area contributed by atoms with Crippen LogP contribution in [0.5, 0.6) is 0 Å². The molecule has 0 unspecified atom stereocenters. The molecule has 0 aliphatic rings. The lowest BCUT2D eigenvalue weighted by molar-refractivity contribution is 0.335. The molecule has 0 spiro atoms. The molecule has 0 aliphatic heterocycles. The molecule has 1 aromatic carbocycles. The van der Waals surface area contributed by atoms with Gasteiger partial charge in [-0.05, 0) is 31.4 Å². The number of hydrogen-bond donors (Lipinski definition) is 0. The lowest BCUT2D eigenvalue weighted by Gasteiger charge is -2.05. The van der Waals surface area contributed by atoms with E-state index in [1.807, 2.05) is 0 Å². The second-order valence-electron chi connectivity index (χ2n) is 3.90. The second-order valence-corrected chi connectivity index (χ2v) is 4.77. The Kier molecular flexibility index (Phi) is 5.05. The van der Waals surface area contributed by atoms with Crippen LogP contribution in [0.4, 0.5) is 0 Å². The van der Waals surface area contributed by atoms with Crippen molar-refractivity contribution in [1.82, 2.24) is 0 Å². The number of aryl methyl sites for hydroxylation is 1. The topological polar surface area (TPSA) is 9.23 Å². The maximum absolute atomic E-state index is 5.49. The van der Waals surface area contributed by atoms with E-state index in [1.165, 1.54) is 22.5 Å². The highest BCUT2D eigenvalue weighted by Gasteiger charge is 1.96. The fourth-order valence-electron chi connectivity index (χ4n) is 0.987. The minimum atomic E-state index is 0.716. The highest BCUT2D eigenvalue weighted by Crippen LogP contribution is 2.19. The summed E-state index contributed by atoms with van der Waals surface area (Å²) in [6.45, 7) is 7.34. The molecule has 78 valence electrons. The Labute approximate surface area is 91.1 Å². The zero-order chi connectivity index (χ0) is 10.4. The van der Waals surface area contributed by atoms with E-state index in [0.29, 0.717) is 5.92 Å². The van der Waals surface area contributed by atoms with Crippen molar-refractivity contribution in [1.29, 1.82) is 0 Å². The molecule has 0 atom stereocenters. The highest BCUT2D eigenvalue weighted by atomic mass is 32.2. The van der Waals surface area contributed by atoms with Crippen LogP contribution >= 0.6 is 12.0 Å². The van der Waals surface area contributed by atoms with Crippen LogP contribution in [-0.2, 0) is 4.18 Å². The molecule has 0 bridgehead atoms. The van der Waals surface area contributed by atoms with Crippen LogP contribution < -0.4 is 0 Å². The predicted molar refractivity (Wildman–Crippen MR) is 62.4 cm³/mol. The van der Waals surface area contributed by atoms with E-state index in [4.69, 9.17) is 4.18 Å². The third-order valence-electron chi connectivity index (χ3n) is 1.95. The Morgan fingerprint density at radius 3 is 2.43 bits per heavy atom. The Balaban J connectivity index is 2.21. The van der Waals surface area contributed by atoms with Crippen molar-refractivity contribution in [2.75, 3.05) is 6.61 Å². The number of benzene rings is 1. The van der Waals surface area contributed by atoms with Gasteiger partial charge in [0, 0.05) is 16.9 Å². The van der Waals surface area contributed by atoms with Crippen LogP contribution in [0.25, 0.3) is 0 Å². The van der Waals surface area contributed by atoms with Crippen LogP contribution in [-0.4, -0.2) is 6.61 Å². The van der Waals surface area contributed by atoms with Gasteiger partial charge in [0.15, 0.2) is 0 Å². The molecule has 0 aliphatic carbocycles. The zero-order valence-corrected chi connectivity index (χ0v) is 9.93. The molecule has 1 aromatic rings. The van der Waals surface area contributed by atoms with E-state index in [0.717, 1.165) is 13.0 Å². The Bertz CT molecular complexity index is 254. The van der Waals surface area contributed by atoms with Gasteiger partial charge in [-0.3, -0.25) is 0 Å². The first-order valence-corrected chi connectivity index (χ1v) is 5.79. The molecule has 0 fully saturated rings. The minimum absolute atomic E-state index is 0.716. The molecule has 0 saturated carbocycles. The predicted octanol–water partition coefficient (Wildman–Crippen LogP) is 4.06. The summed E-state index contributed by atoms with van der Waals surface area (Å²) in [6, 6.07) is 8.40. The molecule has 0 amide bonds. The van der Waals surface area contributed by atoms with Gasteiger partial charge in [0.2, 0.25) is 0 Å². The Morgan fingerprint density at radius 1 is 1.21 bits per heavy atom. The quantitative estimate of drug-likeness (QED) is 0.535. The third kappa shape index (κ3) is 4.68. The molecular formula is C12H18OS. The first kappa shape index (κ1) is 11.6. The van der Waals surface area contributed by atoms with Crippen LogP contribution in [0.15, 0.2) is 29.2 Å². The lowest BCUT2D eigenvalue weighted by Crippen LogP contribution is -1.93. The largest absolute Gasteiger partial charge is 0.310 e. The first-order chi connectivity index (χ1) is 6.68. The average Bonchev–Trinajstić information content (AvgIpc) is 2.15. The Morgan fingerprint density at radius 2 is 1.86 bits per heavy atom. The third-order valence-corrected chi connectivity index (χ3v) is 2.70. The standard InChI is InChI=1S/C12H18OS/c1-10(2)8-9-13-14-12-6-4-11(3)5-7-12/h4-7,10H,8-9H2,1-3H3. The zero-order valence-electron chi connectivity index (χ0n) is 9.12. The van der Waals surface area contributed by atoms with Crippen molar-refractivity contribution in [3.8, 4) is 0 Å². The van der Waals surface area contributed by atoms with Gasteiger partial charge in [0.05, 0.1) is 6.61 Å². The van der Waals surface area contributed by atoms with Crippen molar-refractivity contribution < 1.29 is 4.18 Å². The smallest absolute Gasteiger partial charge is 0.0620 e. The van der Waals surface area contributed by atoms with Gasteiger partial charge in [-0.15, -0.1) is 0 Å². The summed E-state index contributed by atoms with van der Waals surface area (Å²) in [6.07, 6.45) is 1.12. The maximum atomic E-state index is 5.49. The summed E-state index contributed by atoms with van der Waals surface area (Å²) >= 11 is 1.47. The van der Waals surface area contributed by atoms with Crippen molar-refractivity contribution in [2.24, 2.45) is 5.92 Å². The summed E-state index contributed by atoms with van der Waals surface area (Å²) in [5.41, 5.74) is 1.29. The number of rotatable bonds is 5. The van der Waals surface area contributed by atoms with Gasteiger partial charge in [0.1, 0.15) is 0 Å². The SMILES string of the molecule is Cc1ccc(SOCCC(C)C)cc1. The highest BCUT2D eigenvalue weighted by molar-refractivity contribution is 7.94. The summed E-state index contributed by atoms with van der Waals surface area (Å²) in [7, 11) is 0. The van der Waals surface area contributed by atoms with Crippen molar-refractivity contribution >= 4 is 12.0 Å². The van der Waals surface area contributed by atoms with Crippen LogP contribution in [0.1, 0.15) is 25.8 Å². The molecule has 0 heterocycles. The molecule has 1 nitrogen and oxygen atoms in total. The van der Waals surface area contributed by atoms with Crippen LogP contribution in [0, 0.1) is 12.8 Å². The molecule has 14 heavy (non-hydrogen) atoms. The second kappa shape index (κ2) is 6.10. The molecular weight excluding hydrogens is 192 g/mol. The van der Waals surface area contributed by atoms with Gasteiger partial charge in [-0.25, -0.2) is 0 Å². The first-order valence-electron chi connectivity index (χ1n) is 5.04. The van der Waals surface area contributed by atoms with E-state index in [-0.39, 0.29) is 0 Å². The van der Waals surface area contributed by atoms with Gasteiger partial charge in [0.25, 0.3) is 0 Å². The molecule has 0 saturated heterocycles. The summed E-state index contributed by atoms with van der Waals surface area (Å²) in [4.78, 5) is 1.18. The van der Waals surface area contributed by atoms with Gasteiger partial charge >= 0.3 is 0 Å². The summed E-state index contributed by atoms with van der Waals surface area (Å²) < 4.78 is 5.49.